The van der Waals surface area contributed by atoms with Crippen molar-refractivity contribution in [2.45, 2.75) is 26.9 Å². The Morgan fingerprint density at radius 1 is 1.21 bits per heavy atom. The van der Waals surface area contributed by atoms with Crippen LogP contribution >= 0.6 is 11.3 Å². The molecule has 0 aliphatic rings. The average molecular weight is 391 g/mol. The maximum Gasteiger partial charge on any atom is 0.265 e. The molecule has 0 aliphatic heterocycles. The minimum absolute atomic E-state index is 0.0923. The largest absolute Gasteiger partial charge is 0.487 e. The van der Waals surface area contributed by atoms with Crippen molar-refractivity contribution in [2.75, 3.05) is 5.32 Å². The number of carbonyl (C=O) groups excluding carboxylic acids is 1. The van der Waals surface area contributed by atoms with Crippen LogP contribution in [0.4, 0.5) is 5.69 Å². The van der Waals surface area contributed by atoms with Gasteiger partial charge in [-0.25, -0.2) is 4.98 Å². The van der Waals surface area contributed by atoms with Crippen molar-refractivity contribution in [1.82, 2.24) is 9.38 Å². The molecule has 0 unspecified atom stereocenters. The van der Waals surface area contributed by atoms with Gasteiger partial charge in [0.05, 0.1) is 10.6 Å². The minimum Gasteiger partial charge on any atom is -0.487 e. The number of anilines is 1. The number of nitrogens with zero attached hydrogens (tertiary/aromatic N) is 2. The summed E-state index contributed by atoms with van der Waals surface area (Å²) in [6, 6.07) is 15.2. The van der Waals surface area contributed by atoms with Gasteiger partial charge in [-0.15, -0.1) is 11.3 Å². The van der Waals surface area contributed by atoms with Crippen molar-refractivity contribution in [3.8, 4) is 5.75 Å². The van der Waals surface area contributed by atoms with E-state index in [4.69, 9.17) is 4.74 Å². The molecule has 1 aromatic carbocycles. The normalized spacial score (nSPS) is 10.9. The molecule has 0 radical (unpaired) electrons. The van der Waals surface area contributed by atoms with Crippen LogP contribution < -0.4 is 10.1 Å². The fourth-order valence-corrected chi connectivity index (χ4v) is 4.06. The number of aryl methyl sites for hydroxylation is 2. The third-order valence-corrected chi connectivity index (χ3v) is 5.84. The lowest BCUT2D eigenvalue weighted by molar-refractivity contribution is 0.103. The molecule has 0 saturated heterocycles. The lowest BCUT2D eigenvalue weighted by atomic mass is 10.2. The SMILES string of the molecule is CCc1sc(C(=O)Nc2cccc(OCc3cn4ccccc4n3)c2)cc1C. The summed E-state index contributed by atoms with van der Waals surface area (Å²) >= 11 is 1.55. The number of fused-ring (bicyclic) bond motifs is 1. The van der Waals surface area contributed by atoms with Crippen LogP contribution in [-0.4, -0.2) is 15.3 Å². The number of imidazole rings is 1. The van der Waals surface area contributed by atoms with Crippen LogP contribution in [0.25, 0.3) is 5.65 Å². The number of pyridine rings is 1. The fraction of sp³-hybridized carbons (Fsp3) is 0.182. The van der Waals surface area contributed by atoms with Gasteiger partial charge in [-0.3, -0.25) is 4.79 Å². The van der Waals surface area contributed by atoms with E-state index >= 15 is 0 Å². The van der Waals surface area contributed by atoms with Crippen LogP contribution in [0.15, 0.2) is 60.9 Å². The summed E-state index contributed by atoms with van der Waals surface area (Å²) in [7, 11) is 0. The zero-order chi connectivity index (χ0) is 19.5. The molecule has 1 N–H and O–H groups in total. The molecule has 6 heteroatoms. The van der Waals surface area contributed by atoms with Gasteiger partial charge in [0, 0.05) is 29.0 Å². The number of hydrogen-bond acceptors (Lipinski definition) is 4. The van der Waals surface area contributed by atoms with E-state index in [9.17, 15) is 4.79 Å². The molecule has 3 heterocycles. The Morgan fingerprint density at radius 2 is 2.11 bits per heavy atom. The van der Waals surface area contributed by atoms with Gasteiger partial charge in [0.15, 0.2) is 0 Å². The van der Waals surface area contributed by atoms with Crippen LogP contribution in [0.2, 0.25) is 0 Å². The second-order valence-electron chi connectivity index (χ2n) is 6.54. The van der Waals surface area contributed by atoms with E-state index in [2.05, 4.69) is 17.2 Å². The van der Waals surface area contributed by atoms with Gasteiger partial charge in [0.2, 0.25) is 0 Å². The topological polar surface area (TPSA) is 55.6 Å². The Hall–Kier alpha value is -3.12. The Balaban J connectivity index is 1.42. The number of benzene rings is 1. The number of carbonyl (C=O) groups is 1. The first-order valence-electron chi connectivity index (χ1n) is 9.18. The highest BCUT2D eigenvalue weighted by Gasteiger charge is 2.12. The van der Waals surface area contributed by atoms with Crippen LogP contribution in [0.1, 0.15) is 32.7 Å². The van der Waals surface area contributed by atoms with Crippen molar-refractivity contribution in [1.29, 1.82) is 0 Å². The molecule has 0 bridgehead atoms. The van der Waals surface area contributed by atoms with Crippen LogP contribution in [0, 0.1) is 6.92 Å². The van der Waals surface area contributed by atoms with E-state index in [-0.39, 0.29) is 5.91 Å². The Morgan fingerprint density at radius 3 is 2.89 bits per heavy atom. The Labute approximate surface area is 167 Å². The predicted octanol–water partition coefficient (Wildman–Crippen LogP) is 5.10. The molecule has 142 valence electrons. The van der Waals surface area contributed by atoms with E-state index in [0.717, 1.165) is 22.6 Å². The number of aromatic nitrogens is 2. The monoisotopic (exact) mass is 391 g/mol. The lowest BCUT2D eigenvalue weighted by Gasteiger charge is -2.08. The molecular weight excluding hydrogens is 370 g/mol. The fourth-order valence-electron chi connectivity index (χ4n) is 3.05. The molecule has 5 nitrogen and oxygen atoms in total. The van der Waals surface area contributed by atoms with Gasteiger partial charge in [-0.1, -0.05) is 19.1 Å². The second-order valence-corrected chi connectivity index (χ2v) is 7.68. The van der Waals surface area contributed by atoms with Gasteiger partial charge >= 0.3 is 0 Å². The first-order valence-corrected chi connectivity index (χ1v) is 10.00. The van der Waals surface area contributed by atoms with Crippen molar-refractivity contribution < 1.29 is 9.53 Å². The number of nitrogens with one attached hydrogen (secondary N) is 1. The first-order chi connectivity index (χ1) is 13.6. The zero-order valence-electron chi connectivity index (χ0n) is 15.8. The summed E-state index contributed by atoms with van der Waals surface area (Å²) in [5.74, 6) is 0.594. The molecule has 4 rings (SSSR count). The Kier molecular flexibility index (Phi) is 5.12. The van der Waals surface area contributed by atoms with Gasteiger partial charge in [0.1, 0.15) is 18.0 Å². The standard InChI is InChI=1S/C22H21N3O2S/c1-3-19-15(2)11-20(28-19)22(26)24-16-7-6-8-18(12-16)27-14-17-13-25-10-5-4-9-21(25)23-17/h4-13H,3,14H2,1-2H3,(H,24,26). The highest BCUT2D eigenvalue weighted by atomic mass is 32.1. The van der Waals surface area contributed by atoms with Crippen LogP contribution in [0.5, 0.6) is 5.75 Å². The smallest absolute Gasteiger partial charge is 0.265 e. The van der Waals surface area contributed by atoms with Gasteiger partial charge in [-0.2, -0.15) is 0 Å². The molecule has 0 atom stereocenters. The van der Waals surface area contributed by atoms with Crippen LogP contribution in [-0.2, 0) is 13.0 Å². The van der Waals surface area contributed by atoms with E-state index in [1.807, 2.05) is 72.2 Å². The van der Waals surface area contributed by atoms with Crippen molar-refractivity contribution in [3.05, 3.63) is 81.9 Å². The summed E-state index contributed by atoms with van der Waals surface area (Å²) < 4.78 is 7.83. The molecular formula is C22H21N3O2S. The number of ether oxygens (including phenoxy) is 1. The van der Waals surface area contributed by atoms with E-state index in [1.54, 1.807) is 11.3 Å². The lowest BCUT2D eigenvalue weighted by Crippen LogP contribution is -2.10. The zero-order valence-corrected chi connectivity index (χ0v) is 16.6. The van der Waals surface area contributed by atoms with E-state index in [0.29, 0.717) is 18.0 Å². The molecule has 0 spiro atoms. The highest BCUT2D eigenvalue weighted by Crippen LogP contribution is 2.24. The Bertz CT molecular complexity index is 1100. The van der Waals surface area contributed by atoms with Gasteiger partial charge in [0.25, 0.3) is 5.91 Å². The summed E-state index contributed by atoms with van der Waals surface area (Å²) in [5, 5.41) is 2.95. The van der Waals surface area contributed by atoms with Crippen molar-refractivity contribution in [3.63, 3.8) is 0 Å². The summed E-state index contributed by atoms with van der Waals surface area (Å²) in [6.07, 6.45) is 4.85. The maximum absolute atomic E-state index is 12.5. The number of hydrogen-bond donors (Lipinski definition) is 1. The molecule has 0 fully saturated rings. The second kappa shape index (κ2) is 7.86. The van der Waals surface area contributed by atoms with Crippen molar-refractivity contribution in [2.24, 2.45) is 0 Å². The molecule has 28 heavy (non-hydrogen) atoms. The highest BCUT2D eigenvalue weighted by molar-refractivity contribution is 7.14. The predicted molar refractivity (Wildman–Crippen MR) is 112 cm³/mol. The third-order valence-electron chi connectivity index (χ3n) is 4.46. The summed E-state index contributed by atoms with van der Waals surface area (Å²) in [5.41, 5.74) is 3.62. The van der Waals surface area contributed by atoms with Crippen molar-refractivity contribution >= 4 is 28.6 Å². The summed E-state index contributed by atoms with van der Waals surface area (Å²) in [4.78, 5) is 19.0. The number of rotatable bonds is 6. The molecule has 3 aromatic heterocycles. The van der Waals surface area contributed by atoms with Gasteiger partial charge in [-0.05, 0) is 49.2 Å². The van der Waals surface area contributed by atoms with Gasteiger partial charge < -0.3 is 14.5 Å². The van der Waals surface area contributed by atoms with E-state index in [1.165, 1.54) is 10.4 Å². The summed E-state index contributed by atoms with van der Waals surface area (Å²) in [6.45, 7) is 4.51. The third kappa shape index (κ3) is 3.92. The maximum atomic E-state index is 12.5. The molecule has 4 aromatic rings. The quantitative estimate of drug-likeness (QED) is 0.498. The number of amides is 1. The molecule has 0 aliphatic carbocycles. The van der Waals surface area contributed by atoms with E-state index < -0.39 is 0 Å². The molecule has 0 saturated carbocycles. The molecule has 1 amide bonds. The minimum atomic E-state index is -0.0923. The average Bonchev–Trinajstić information content (AvgIpc) is 3.29. The number of thiophene rings is 1. The first kappa shape index (κ1) is 18.3. The van der Waals surface area contributed by atoms with Crippen LogP contribution in [0.3, 0.4) is 0 Å².